The van der Waals surface area contributed by atoms with E-state index in [9.17, 15) is 4.57 Å². The SMILES string of the molecule is CO/N=C(\CO[Si](C)(C)C)C(O[Si](C)(C)C)C(COP(=O)(O[Si](C)(C)C)O[Si](C)(C)C)O[Si](C)(C)C. The van der Waals surface area contributed by atoms with Gasteiger partial charge in [0.25, 0.3) is 0 Å². The molecule has 216 valence electrons. The van der Waals surface area contributed by atoms with Gasteiger partial charge in [-0.2, -0.15) is 0 Å². The Kier molecular flexibility index (Phi) is 14.0. The number of nitrogens with zero attached hydrogens (tertiary/aromatic N) is 1. The molecule has 0 aliphatic heterocycles. The molecule has 2 atom stereocenters. The van der Waals surface area contributed by atoms with Crippen LogP contribution in [0.25, 0.3) is 0 Å². The predicted molar refractivity (Wildman–Crippen MR) is 163 cm³/mol. The molecule has 0 fully saturated rings. The van der Waals surface area contributed by atoms with Crippen molar-refractivity contribution >= 4 is 55.1 Å². The van der Waals surface area contributed by atoms with Gasteiger partial charge in [-0.1, -0.05) is 5.16 Å². The first-order chi connectivity index (χ1) is 15.7. The smallest absolute Gasteiger partial charge is 0.412 e. The molecule has 15 heteroatoms. The Labute approximate surface area is 226 Å². The molecule has 0 radical (unpaired) electrons. The van der Waals surface area contributed by atoms with E-state index >= 15 is 0 Å². The van der Waals surface area contributed by atoms with E-state index in [4.69, 9.17) is 31.1 Å². The molecule has 0 amide bonds. The van der Waals surface area contributed by atoms with Crippen molar-refractivity contribution in [3.63, 3.8) is 0 Å². The molecule has 0 saturated heterocycles. The Balaban J connectivity index is 6.42. The van der Waals surface area contributed by atoms with Gasteiger partial charge >= 0.3 is 7.82 Å². The molecule has 0 aromatic rings. The first-order valence-corrected chi connectivity index (χ1v) is 31.0. The van der Waals surface area contributed by atoms with Crippen LogP contribution in [-0.4, -0.2) is 79.8 Å². The number of hydrogen-bond donors (Lipinski definition) is 0. The molecular weight excluding hydrogens is 566 g/mol. The normalized spacial score (nSPS) is 16.7. The summed E-state index contributed by atoms with van der Waals surface area (Å²) in [5.74, 6) is 0. The molecule has 9 nitrogen and oxygen atoms in total. The molecule has 0 rings (SSSR count). The van der Waals surface area contributed by atoms with Gasteiger partial charge in [0, 0.05) is 0 Å². The molecule has 0 bridgehead atoms. The minimum Gasteiger partial charge on any atom is -0.412 e. The van der Waals surface area contributed by atoms with Gasteiger partial charge in [0.05, 0.1) is 19.3 Å². The maximum atomic E-state index is 13.8. The van der Waals surface area contributed by atoms with Gasteiger partial charge in [0.2, 0.25) is 0 Å². The Morgan fingerprint density at radius 3 is 1.47 bits per heavy atom. The zero-order valence-corrected chi connectivity index (χ0v) is 31.6. The van der Waals surface area contributed by atoms with E-state index in [0.29, 0.717) is 5.71 Å². The van der Waals surface area contributed by atoms with E-state index in [2.05, 4.69) is 64.1 Å². The summed E-state index contributed by atoms with van der Waals surface area (Å²) in [5, 5.41) is 4.30. The standard InChI is InChI=1S/C21H54NO8PSi5/c1-24-22-19(17-26-32(2,3)4)21(28-34(8,9)10)20(27-33(5,6)7)18-25-31(23,29-35(11,12)13)30-36(14,15)16/h20-21H,17-18H2,1-16H3/b22-19+. The van der Waals surface area contributed by atoms with Crippen LogP contribution in [0.15, 0.2) is 5.16 Å². The van der Waals surface area contributed by atoms with Crippen LogP contribution in [0.2, 0.25) is 98.2 Å². The molecular formula is C21H54NO8PSi5. The summed E-state index contributed by atoms with van der Waals surface area (Å²) in [4.78, 5) is 5.20. The van der Waals surface area contributed by atoms with Gasteiger partial charge in [-0.25, -0.2) is 4.57 Å². The topological polar surface area (TPSA) is 94.0 Å². The van der Waals surface area contributed by atoms with Crippen molar-refractivity contribution in [1.29, 1.82) is 0 Å². The third-order valence-corrected chi connectivity index (χ3v) is 13.3. The van der Waals surface area contributed by atoms with Crippen molar-refractivity contribution < 1.29 is 35.6 Å². The van der Waals surface area contributed by atoms with Crippen LogP contribution in [0.3, 0.4) is 0 Å². The number of oxime groups is 1. The van der Waals surface area contributed by atoms with Gasteiger partial charge in [0.15, 0.2) is 41.6 Å². The fraction of sp³-hybridized carbons (Fsp3) is 0.952. The van der Waals surface area contributed by atoms with Crippen LogP contribution < -0.4 is 0 Å². The average molecular weight is 620 g/mol. The highest BCUT2D eigenvalue weighted by atomic mass is 31.2. The van der Waals surface area contributed by atoms with Crippen molar-refractivity contribution in [3.05, 3.63) is 0 Å². The molecule has 0 aliphatic rings. The van der Waals surface area contributed by atoms with E-state index in [1.165, 1.54) is 7.11 Å². The van der Waals surface area contributed by atoms with Crippen molar-refractivity contribution in [3.8, 4) is 0 Å². The number of hydrogen-bond acceptors (Lipinski definition) is 9. The van der Waals surface area contributed by atoms with Crippen LogP contribution in [0.5, 0.6) is 0 Å². The van der Waals surface area contributed by atoms with E-state index in [1.807, 2.05) is 39.3 Å². The van der Waals surface area contributed by atoms with Crippen LogP contribution in [0.4, 0.5) is 0 Å². The minimum absolute atomic E-state index is 0.0403. The summed E-state index contributed by atoms with van der Waals surface area (Å²) >= 11 is 0. The lowest BCUT2D eigenvalue weighted by molar-refractivity contribution is 0.0335. The first kappa shape index (κ1) is 36.5. The lowest BCUT2D eigenvalue weighted by Crippen LogP contribution is -2.52. The van der Waals surface area contributed by atoms with Gasteiger partial charge in [-0.15, -0.1) is 0 Å². The highest BCUT2D eigenvalue weighted by Gasteiger charge is 2.42. The Bertz CT molecular complexity index is 732. The van der Waals surface area contributed by atoms with Crippen molar-refractivity contribution in [2.24, 2.45) is 5.16 Å². The number of rotatable bonds is 17. The fourth-order valence-corrected chi connectivity index (χ4v) is 12.2. The van der Waals surface area contributed by atoms with Crippen LogP contribution in [0, 0.1) is 0 Å². The second-order valence-electron chi connectivity index (χ2n) is 13.7. The van der Waals surface area contributed by atoms with Gasteiger partial charge in [-0.05, 0) is 98.2 Å². The molecule has 2 unspecified atom stereocenters. The van der Waals surface area contributed by atoms with E-state index < -0.39 is 61.6 Å². The molecule has 36 heavy (non-hydrogen) atoms. The quantitative estimate of drug-likeness (QED) is 0.0736. The fourth-order valence-electron chi connectivity index (χ4n) is 2.85. The maximum absolute atomic E-state index is 13.8. The van der Waals surface area contributed by atoms with Crippen LogP contribution in [0.1, 0.15) is 0 Å². The second kappa shape index (κ2) is 13.7. The van der Waals surface area contributed by atoms with E-state index in [-0.39, 0.29) is 13.2 Å². The van der Waals surface area contributed by atoms with Crippen LogP contribution >= 0.6 is 7.82 Å². The van der Waals surface area contributed by atoms with Gasteiger partial charge in [-0.3, -0.25) is 4.52 Å². The largest absolute Gasteiger partial charge is 0.455 e. The molecule has 0 spiro atoms. The van der Waals surface area contributed by atoms with Crippen molar-refractivity contribution in [1.82, 2.24) is 0 Å². The third kappa shape index (κ3) is 18.7. The molecule has 0 heterocycles. The monoisotopic (exact) mass is 619 g/mol. The second-order valence-corrected chi connectivity index (χ2v) is 38.2. The Morgan fingerprint density at radius 2 is 1.14 bits per heavy atom. The molecule has 0 aromatic heterocycles. The Morgan fingerprint density at radius 1 is 0.694 bits per heavy atom. The number of phosphoric acid groups is 1. The minimum atomic E-state index is -3.84. The average Bonchev–Trinajstić information content (AvgIpc) is 2.54. The van der Waals surface area contributed by atoms with Crippen molar-refractivity contribution in [2.75, 3.05) is 20.3 Å². The molecule has 0 aromatic carbocycles. The molecule has 0 N–H and O–H groups in total. The highest BCUT2D eigenvalue weighted by Crippen LogP contribution is 2.54. The Hall–Kier alpha value is 0.544. The van der Waals surface area contributed by atoms with Crippen LogP contribution in [-0.2, 0) is 35.6 Å². The summed E-state index contributed by atoms with van der Waals surface area (Å²) in [6.45, 7) is 30.9. The summed E-state index contributed by atoms with van der Waals surface area (Å²) in [5.41, 5.74) is 0.585. The summed E-state index contributed by atoms with van der Waals surface area (Å²) in [6, 6.07) is 0. The summed E-state index contributed by atoms with van der Waals surface area (Å²) in [7, 11) is -12.9. The zero-order valence-electron chi connectivity index (χ0n) is 25.7. The lowest BCUT2D eigenvalue weighted by atomic mass is 10.1. The third-order valence-electron chi connectivity index (χ3n) is 3.68. The summed E-state index contributed by atoms with van der Waals surface area (Å²) < 4.78 is 51.2. The first-order valence-electron chi connectivity index (χ1n) is 12.5. The van der Waals surface area contributed by atoms with Gasteiger partial charge < -0.3 is 26.5 Å². The van der Waals surface area contributed by atoms with Crippen molar-refractivity contribution in [2.45, 2.75) is 110 Å². The predicted octanol–water partition coefficient (Wildman–Crippen LogP) is 7.11. The van der Waals surface area contributed by atoms with Gasteiger partial charge in [0.1, 0.15) is 18.9 Å². The molecule has 0 aliphatic carbocycles. The molecule has 0 saturated carbocycles. The maximum Gasteiger partial charge on any atom is 0.455 e. The lowest BCUT2D eigenvalue weighted by Gasteiger charge is -2.38. The summed E-state index contributed by atoms with van der Waals surface area (Å²) in [6.07, 6.45) is -1.21. The highest BCUT2D eigenvalue weighted by molar-refractivity contribution is 7.52. The van der Waals surface area contributed by atoms with E-state index in [1.54, 1.807) is 0 Å². The van der Waals surface area contributed by atoms with E-state index in [0.717, 1.165) is 0 Å². The zero-order chi connectivity index (χ0) is 28.8.